The van der Waals surface area contributed by atoms with Gasteiger partial charge in [0, 0.05) is 37.5 Å². The van der Waals surface area contributed by atoms with Crippen LogP contribution in [-0.4, -0.2) is 37.8 Å². The summed E-state index contributed by atoms with van der Waals surface area (Å²) in [5, 5.41) is 6.24. The number of hydrogen-bond donors (Lipinski definition) is 2. The Hall–Kier alpha value is -2.37. The van der Waals surface area contributed by atoms with E-state index < -0.39 is 6.61 Å². The van der Waals surface area contributed by atoms with Gasteiger partial charge in [-0.25, -0.2) is 4.98 Å². The number of aliphatic imine (C=N–C) groups is 1. The second kappa shape index (κ2) is 13.8. The van der Waals surface area contributed by atoms with Crippen molar-refractivity contribution < 1.29 is 23.0 Å². The fourth-order valence-corrected chi connectivity index (χ4v) is 2.60. The van der Waals surface area contributed by atoms with Gasteiger partial charge in [0.15, 0.2) is 17.5 Å². The van der Waals surface area contributed by atoms with Crippen LogP contribution in [0, 0.1) is 0 Å². The van der Waals surface area contributed by atoms with E-state index >= 15 is 0 Å². The maximum atomic E-state index is 12.8. The molecule has 2 rings (SSSR count). The second-order valence-electron chi connectivity index (χ2n) is 5.74. The average molecular weight is 536 g/mol. The Balaban J connectivity index is 0.00000450. The van der Waals surface area contributed by atoms with Gasteiger partial charge in [-0.15, -0.1) is 24.0 Å². The molecular weight excluding hydrogens is 509 g/mol. The van der Waals surface area contributed by atoms with E-state index in [0.717, 1.165) is 5.56 Å². The number of nitrogens with one attached hydrogen (secondary N) is 2. The summed E-state index contributed by atoms with van der Waals surface area (Å²) in [6.45, 7) is 2.22. The number of benzene rings is 1. The van der Waals surface area contributed by atoms with Crippen LogP contribution >= 0.6 is 24.0 Å². The first-order valence-electron chi connectivity index (χ1n) is 9.29. The zero-order valence-electron chi connectivity index (χ0n) is 17.2. The standard InChI is InChI=1S/C20H26F2N4O3.HI/c1-4-27-16-10-6-8-14(17(16)29-19(21)22)12-25-20(23-3)26-13-15-9-7-11-24-18(15)28-5-2;/h6-11,19H,4-5,12-13H2,1-3H3,(H2,23,25,26);1H. The highest BCUT2D eigenvalue weighted by molar-refractivity contribution is 14.0. The van der Waals surface area contributed by atoms with Crippen LogP contribution in [0.1, 0.15) is 25.0 Å². The van der Waals surface area contributed by atoms with Crippen molar-refractivity contribution in [3.05, 3.63) is 47.7 Å². The third-order valence-electron chi connectivity index (χ3n) is 3.81. The highest BCUT2D eigenvalue weighted by atomic mass is 127. The van der Waals surface area contributed by atoms with Gasteiger partial charge in [-0.05, 0) is 26.0 Å². The summed E-state index contributed by atoms with van der Waals surface area (Å²) in [4.78, 5) is 8.36. The maximum Gasteiger partial charge on any atom is 0.387 e. The van der Waals surface area contributed by atoms with Gasteiger partial charge < -0.3 is 24.8 Å². The van der Waals surface area contributed by atoms with Crippen LogP contribution in [0.2, 0.25) is 0 Å². The Morgan fingerprint density at radius 2 is 1.70 bits per heavy atom. The molecule has 0 aliphatic carbocycles. The van der Waals surface area contributed by atoms with Crippen molar-refractivity contribution >= 4 is 29.9 Å². The molecule has 0 atom stereocenters. The van der Waals surface area contributed by atoms with Crippen LogP contribution in [0.3, 0.4) is 0 Å². The van der Waals surface area contributed by atoms with Gasteiger partial charge in [0.05, 0.1) is 13.2 Å². The van der Waals surface area contributed by atoms with Crippen molar-refractivity contribution in [3.8, 4) is 17.4 Å². The zero-order valence-corrected chi connectivity index (χ0v) is 19.5. The largest absolute Gasteiger partial charge is 0.490 e. The van der Waals surface area contributed by atoms with Crippen LogP contribution in [-0.2, 0) is 13.1 Å². The SMILES string of the molecule is CCOc1cccc(CNC(=NC)NCc2cccnc2OCC)c1OC(F)F.I. The molecule has 166 valence electrons. The fourth-order valence-electron chi connectivity index (χ4n) is 2.60. The molecule has 0 spiro atoms. The van der Waals surface area contributed by atoms with E-state index in [0.29, 0.717) is 37.2 Å². The Labute approximate surface area is 192 Å². The highest BCUT2D eigenvalue weighted by Crippen LogP contribution is 2.32. The lowest BCUT2D eigenvalue weighted by atomic mass is 10.2. The molecule has 1 aromatic heterocycles. The number of alkyl halides is 2. The molecular formula is C20H27F2IN4O3. The third-order valence-corrected chi connectivity index (χ3v) is 3.81. The lowest BCUT2D eigenvalue weighted by Gasteiger charge is -2.17. The Morgan fingerprint density at radius 3 is 2.33 bits per heavy atom. The summed E-state index contributed by atoms with van der Waals surface area (Å²) >= 11 is 0. The topological polar surface area (TPSA) is 77.0 Å². The minimum absolute atomic E-state index is 0. The summed E-state index contributed by atoms with van der Waals surface area (Å²) in [6, 6.07) is 8.73. The van der Waals surface area contributed by atoms with Gasteiger partial charge in [-0.1, -0.05) is 18.2 Å². The average Bonchev–Trinajstić information content (AvgIpc) is 2.71. The molecule has 0 saturated carbocycles. The van der Waals surface area contributed by atoms with Crippen molar-refractivity contribution in [1.82, 2.24) is 15.6 Å². The summed E-state index contributed by atoms with van der Waals surface area (Å²) in [5.74, 6) is 1.32. The molecule has 0 saturated heterocycles. The molecule has 1 aromatic carbocycles. The van der Waals surface area contributed by atoms with Crippen molar-refractivity contribution in [1.29, 1.82) is 0 Å². The van der Waals surface area contributed by atoms with Crippen LogP contribution in [0.4, 0.5) is 8.78 Å². The van der Waals surface area contributed by atoms with Gasteiger partial charge in [-0.2, -0.15) is 8.78 Å². The maximum absolute atomic E-state index is 12.8. The van der Waals surface area contributed by atoms with E-state index in [4.69, 9.17) is 9.47 Å². The van der Waals surface area contributed by atoms with Crippen LogP contribution in [0.5, 0.6) is 17.4 Å². The van der Waals surface area contributed by atoms with Crippen LogP contribution in [0.25, 0.3) is 0 Å². The Morgan fingerprint density at radius 1 is 1.03 bits per heavy atom. The minimum Gasteiger partial charge on any atom is -0.490 e. The van der Waals surface area contributed by atoms with Crippen molar-refractivity contribution in [2.75, 3.05) is 20.3 Å². The number of aromatic nitrogens is 1. The van der Waals surface area contributed by atoms with Gasteiger partial charge in [-0.3, -0.25) is 4.99 Å². The number of ether oxygens (including phenoxy) is 3. The monoisotopic (exact) mass is 536 g/mol. The minimum atomic E-state index is -2.95. The number of nitrogens with zero attached hydrogens (tertiary/aromatic N) is 2. The highest BCUT2D eigenvalue weighted by Gasteiger charge is 2.16. The first-order valence-corrected chi connectivity index (χ1v) is 9.29. The molecule has 2 aromatic rings. The molecule has 0 radical (unpaired) electrons. The molecule has 7 nitrogen and oxygen atoms in total. The summed E-state index contributed by atoms with van der Waals surface area (Å²) < 4.78 is 41.3. The van der Waals surface area contributed by atoms with Crippen LogP contribution < -0.4 is 24.8 Å². The summed E-state index contributed by atoms with van der Waals surface area (Å²) in [7, 11) is 1.62. The summed E-state index contributed by atoms with van der Waals surface area (Å²) in [5.41, 5.74) is 1.40. The van der Waals surface area contributed by atoms with Gasteiger partial charge >= 0.3 is 6.61 Å². The lowest BCUT2D eigenvalue weighted by Crippen LogP contribution is -2.36. The third kappa shape index (κ3) is 7.81. The number of rotatable bonds is 10. The first kappa shape index (κ1) is 25.7. The molecule has 0 aliphatic heterocycles. The predicted molar refractivity (Wildman–Crippen MR) is 122 cm³/mol. The molecule has 0 unspecified atom stereocenters. The number of halogens is 3. The van der Waals surface area contributed by atoms with E-state index in [1.807, 2.05) is 19.1 Å². The molecule has 0 bridgehead atoms. The molecule has 0 amide bonds. The fraction of sp³-hybridized carbons (Fsp3) is 0.400. The van der Waals surface area contributed by atoms with E-state index in [-0.39, 0.29) is 42.0 Å². The number of hydrogen-bond acceptors (Lipinski definition) is 5. The Bertz CT molecular complexity index is 809. The summed E-state index contributed by atoms with van der Waals surface area (Å²) in [6.07, 6.45) is 1.66. The van der Waals surface area contributed by atoms with E-state index in [1.165, 1.54) is 0 Å². The normalized spacial score (nSPS) is 10.9. The van der Waals surface area contributed by atoms with Gasteiger partial charge in [0.1, 0.15) is 0 Å². The smallest absolute Gasteiger partial charge is 0.387 e. The lowest BCUT2D eigenvalue weighted by molar-refractivity contribution is -0.0520. The molecule has 30 heavy (non-hydrogen) atoms. The van der Waals surface area contributed by atoms with E-state index in [1.54, 1.807) is 38.4 Å². The number of guanidine groups is 1. The van der Waals surface area contributed by atoms with E-state index in [2.05, 4.69) is 25.3 Å². The molecule has 10 heteroatoms. The first-order chi connectivity index (χ1) is 14.1. The Kier molecular flexibility index (Phi) is 11.8. The van der Waals surface area contributed by atoms with E-state index in [9.17, 15) is 8.78 Å². The van der Waals surface area contributed by atoms with Crippen molar-refractivity contribution in [3.63, 3.8) is 0 Å². The van der Waals surface area contributed by atoms with Gasteiger partial charge in [0.2, 0.25) is 5.88 Å². The molecule has 0 fully saturated rings. The quantitative estimate of drug-likeness (QED) is 0.272. The van der Waals surface area contributed by atoms with Crippen molar-refractivity contribution in [2.45, 2.75) is 33.5 Å². The van der Waals surface area contributed by atoms with Gasteiger partial charge in [0.25, 0.3) is 0 Å². The second-order valence-corrected chi connectivity index (χ2v) is 5.74. The molecule has 1 heterocycles. The number of pyridine rings is 1. The van der Waals surface area contributed by atoms with Crippen molar-refractivity contribution in [2.24, 2.45) is 4.99 Å². The van der Waals surface area contributed by atoms with Crippen LogP contribution in [0.15, 0.2) is 41.5 Å². The predicted octanol–water partition coefficient (Wildman–Crippen LogP) is 3.96. The molecule has 0 aliphatic rings. The zero-order chi connectivity index (χ0) is 21.1. The number of para-hydroxylation sites is 1. The molecule has 2 N–H and O–H groups in total.